The molecule has 0 saturated carbocycles. The summed E-state index contributed by atoms with van der Waals surface area (Å²) in [6, 6.07) is 8.90. The van der Waals surface area contributed by atoms with Crippen LogP contribution < -0.4 is 5.32 Å². The average Bonchev–Trinajstić information content (AvgIpc) is 2.92. The minimum absolute atomic E-state index is 0.220. The van der Waals surface area contributed by atoms with E-state index in [-0.39, 0.29) is 11.9 Å². The minimum atomic E-state index is -0.236. The van der Waals surface area contributed by atoms with Crippen molar-refractivity contribution in [2.75, 3.05) is 6.54 Å². The normalized spacial score (nSPS) is 12.6. The molecule has 0 bridgehead atoms. The lowest BCUT2D eigenvalue weighted by molar-refractivity contribution is 0.410. The van der Waals surface area contributed by atoms with E-state index in [2.05, 4.69) is 19.2 Å². The molecule has 1 heterocycles. The molecule has 0 aliphatic carbocycles. The summed E-state index contributed by atoms with van der Waals surface area (Å²) < 4.78 is 19.3. The Kier molecular flexibility index (Phi) is 4.96. The van der Waals surface area contributed by atoms with Crippen LogP contribution in [-0.2, 0) is 0 Å². The van der Waals surface area contributed by atoms with Crippen LogP contribution in [0.1, 0.15) is 44.1 Å². The topological polar surface area (TPSA) is 25.2 Å². The number of benzene rings is 1. The molecule has 0 aliphatic rings. The van der Waals surface area contributed by atoms with E-state index >= 15 is 0 Å². The highest BCUT2D eigenvalue weighted by Gasteiger charge is 2.14. The van der Waals surface area contributed by atoms with Crippen molar-refractivity contribution in [1.82, 2.24) is 5.32 Å². The molecule has 0 saturated heterocycles. The van der Waals surface area contributed by atoms with Crippen molar-refractivity contribution in [2.24, 2.45) is 0 Å². The van der Waals surface area contributed by atoms with E-state index in [1.54, 1.807) is 6.07 Å². The first-order valence-electron chi connectivity index (χ1n) is 7.25. The molecule has 108 valence electrons. The van der Waals surface area contributed by atoms with Gasteiger partial charge in [0.25, 0.3) is 0 Å². The molecule has 0 spiro atoms. The molecule has 1 unspecified atom stereocenters. The summed E-state index contributed by atoms with van der Waals surface area (Å²) in [7, 11) is 0. The molecule has 2 aromatic rings. The van der Waals surface area contributed by atoms with Crippen LogP contribution in [-0.4, -0.2) is 6.54 Å². The molecule has 20 heavy (non-hydrogen) atoms. The Labute approximate surface area is 120 Å². The van der Waals surface area contributed by atoms with Crippen molar-refractivity contribution < 1.29 is 8.81 Å². The highest BCUT2D eigenvalue weighted by atomic mass is 19.1. The molecular formula is C17H22FNO. The second-order valence-corrected chi connectivity index (χ2v) is 5.08. The zero-order valence-corrected chi connectivity index (χ0v) is 12.4. The lowest BCUT2D eigenvalue weighted by Crippen LogP contribution is -2.20. The summed E-state index contributed by atoms with van der Waals surface area (Å²) in [5.74, 6) is 1.41. The maximum absolute atomic E-state index is 13.4. The zero-order valence-electron chi connectivity index (χ0n) is 12.4. The second-order valence-electron chi connectivity index (χ2n) is 5.08. The summed E-state index contributed by atoms with van der Waals surface area (Å²) in [5.41, 5.74) is 1.84. The molecule has 2 rings (SSSR count). The molecule has 3 heteroatoms. The van der Waals surface area contributed by atoms with Crippen LogP contribution >= 0.6 is 0 Å². The molecule has 0 radical (unpaired) electrons. The Morgan fingerprint density at radius 3 is 2.70 bits per heavy atom. The van der Waals surface area contributed by atoms with Gasteiger partial charge >= 0.3 is 0 Å². The van der Waals surface area contributed by atoms with Crippen molar-refractivity contribution in [1.29, 1.82) is 0 Å². The quantitative estimate of drug-likeness (QED) is 0.815. The van der Waals surface area contributed by atoms with E-state index < -0.39 is 0 Å². The van der Waals surface area contributed by atoms with Gasteiger partial charge < -0.3 is 9.73 Å². The first-order chi connectivity index (χ1) is 9.65. The van der Waals surface area contributed by atoms with Crippen LogP contribution in [0.4, 0.5) is 4.39 Å². The Balaban J connectivity index is 2.25. The first-order valence-corrected chi connectivity index (χ1v) is 7.25. The van der Waals surface area contributed by atoms with Crippen molar-refractivity contribution in [3.8, 4) is 11.3 Å². The third-order valence-corrected chi connectivity index (χ3v) is 3.48. The van der Waals surface area contributed by atoms with E-state index in [1.807, 2.05) is 19.1 Å². The highest BCUT2D eigenvalue weighted by molar-refractivity contribution is 5.62. The van der Waals surface area contributed by atoms with E-state index in [0.717, 1.165) is 42.0 Å². The summed E-state index contributed by atoms with van der Waals surface area (Å²) in [6.45, 7) is 7.20. The maximum Gasteiger partial charge on any atom is 0.134 e. The minimum Gasteiger partial charge on any atom is -0.459 e. The standard InChI is InChI=1S/C17H22FNO/c1-4-10-19-15(5-2)17-9-8-16(20-17)14-11-13(18)7-6-12(14)3/h6-9,11,15,19H,4-5,10H2,1-3H3. The second kappa shape index (κ2) is 6.71. The summed E-state index contributed by atoms with van der Waals surface area (Å²) in [5, 5.41) is 3.46. The summed E-state index contributed by atoms with van der Waals surface area (Å²) in [6.07, 6.45) is 2.06. The van der Waals surface area contributed by atoms with Gasteiger partial charge in [0.2, 0.25) is 0 Å². The Morgan fingerprint density at radius 1 is 1.20 bits per heavy atom. The van der Waals surface area contributed by atoms with Gasteiger partial charge in [0.1, 0.15) is 17.3 Å². The fourth-order valence-electron chi connectivity index (χ4n) is 2.31. The van der Waals surface area contributed by atoms with Crippen molar-refractivity contribution >= 4 is 0 Å². The number of furan rings is 1. The predicted octanol–water partition coefficient (Wildman–Crippen LogP) is 4.84. The van der Waals surface area contributed by atoms with Gasteiger partial charge in [0.05, 0.1) is 6.04 Å². The van der Waals surface area contributed by atoms with Crippen molar-refractivity contribution in [3.63, 3.8) is 0 Å². The van der Waals surface area contributed by atoms with Gasteiger partial charge in [-0.2, -0.15) is 0 Å². The van der Waals surface area contributed by atoms with Gasteiger partial charge in [-0.1, -0.05) is 19.9 Å². The van der Waals surface area contributed by atoms with Crippen LogP contribution in [0, 0.1) is 12.7 Å². The maximum atomic E-state index is 13.4. The van der Waals surface area contributed by atoms with Crippen LogP contribution in [0.3, 0.4) is 0 Å². The van der Waals surface area contributed by atoms with Crippen LogP contribution in [0.15, 0.2) is 34.7 Å². The van der Waals surface area contributed by atoms with Crippen LogP contribution in [0.5, 0.6) is 0 Å². The predicted molar refractivity (Wildman–Crippen MR) is 80.2 cm³/mol. The van der Waals surface area contributed by atoms with Crippen LogP contribution in [0.2, 0.25) is 0 Å². The molecule has 0 aliphatic heterocycles. The lowest BCUT2D eigenvalue weighted by Gasteiger charge is -2.13. The molecule has 0 fully saturated rings. The van der Waals surface area contributed by atoms with E-state index in [4.69, 9.17) is 4.42 Å². The Morgan fingerprint density at radius 2 is 2.00 bits per heavy atom. The molecule has 1 N–H and O–H groups in total. The molecule has 0 amide bonds. The van der Waals surface area contributed by atoms with Gasteiger partial charge in [-0.05, 0) is 56.1 Å². The smallest absolute Gasteiger partial charge is 0.134 e. The summed E-state index contributed by atoms with van der Waals surface area (Å²) in [4.78, 5) is 0. The van der Waals surface area contributed by atoms with Gasteiger partial charge in [0.15, 0.2) is 0 Å². The lowest BCUT2D eigenvalue weighted by atomic mass is 10.1. The summed E-state index contributed by atoms with van der Waals surface area (Å²) >= 11 is 0. The molecular weight excluding hydrogens is 253 g/mol. The van der Waals surface area contributed by atoms with Gasteiger partial charge in [0, 0.05) is 5.56 Å². The molecule has 1 aromatic heterocycles. The number of aryl methyl sites for hydroxylation is 1. The van der Waals surface area contributed by atoms with Crippen molar-refractivity contribution in [3.05, 3.63) is 47.5 Å². The van der Waals surface area contributed by atoms with E-state index in [1.165, 1.54) is 12.1 Å². The molecule has 2 nitrogen and oxygen atoms in total. The number of hydrogen-bond acceptors (Lipinski definition) is 2. The first kappa shape index (κ1) is 14.8. The number of halogens is 1. The highest BCUT2D eigenvalue weighted by Crippen LogP contribution is 2.29. The third kappa shape index (κ3) is 3.28. The monoisotopic (exact) mass is 275 g/mol. The fraction of sp³-hybridized carbons (Fsp3) is 0.412. The number of rotatable bonds is 6. The van der Waals surface area contributed by atoms with Crippen LogP contribution in [0.25, 0.3) is 11.3 Å². The van der Waals surface area contributed by atoms with Gasteiger partial charge in [-0.25, -0.2) is 4.39 Å². The largest absolute Gasteiger partial charge is 0.459 e. The Hall–Kier alpha value is -1.61. The average molecular weight is 275 g/mol. The third-order valence-electron chi connectivity index (χ3n) is 3.48. The van der Waals surface area contributed by atoms with Gasteiger partial charge in [-0.3, -0.25) is 0 Å². The van der Waals surface area contributed by atoms with E-state index in [9.17, 15) is 4.39 Å². The number of nitrogens with one attached hydrogen (secondary N) is 1. The molecule has 1 aromatic carbocycles. The molecule has 1 atom stereocenters. The van der Waals surface area contributed by atoms with Crippen molar-refractivity contribution in [2.45, 2.75) is 39.7 Å². The van der Waals surface area contributed by atoms with E-state index in [0.29, 0.717) is 0 Å². The van der Waals surface area contributed by atoms with Gasteiger partial charge in [-0.15, -0.1) is 0 Å². The fourth-order valence-corrected chi connectivity index (χ4v) is 2.31. The Bertz CT molecular complexity index is 562. The SMILES string of the molecule is CCCNC(CC)c1ccc(-c2cc(F)ccc2C)o1. The number of hydrogen-bond donors (Lipinski definition) is 1. The zero-order chi connectivity index (χ0) is 14.5.